The summed E-state index contributed by atoms with van der Waals surface area (Å²) < 4.78 is 5.40. The van der Waals surface area contributed by atoms with Crippen LogP contribution in [0.5, 0.6) is 5.75 Å². The molecule has 1 aliphatic rings. The van der Waals surface area contributed by atoms with Crippen LogP contribution in [0.25, 0.3) is 10.2 Å². The third kappa shape index (κ3) is 4.05. The van der Waals surface area contributed by atoms with Crippen LogP contribution in [0.1, 0.15) is 30.2 Å². The van der Waals surface area contributed by atoms with E-state index in [-0.39, 0.29) is 11.8 Å². The highest BCUT2D eigenvalue weighted by Crippen LogP contribution is 2.33. The lowest BCUT2D eigenvalue weighted by Crippen LogP contribution is -2.41. The van der Waals surface area contributed by atoms with Crippen LogP contribution in [0.3, 0.4) is 0 Å². The number of thiophene rings is 1. The summed E-state index contributed by atoms with van der Waals surface area (Å²) in [5.74, 6) is 1.56. The Balaban J connectivity index is 1.54. The molecule has 3 heterocycles. The zero-order valence-corrected chi connectivity index (χ0v) is 17.9. The second-order valence-corrected chi connectivity index (χ2v) is 8.58. The van der Waals surface area contributed by atoms with Gasteiger partial charge < -0.3 is 15.0 Å². The van der Waals surface area contributed by atoms with E-state index >= 15 is 0 Å². The Kier molecular flexibility index (Phi) is 5.67. The molecule has 1 unspecified atom stereocenters. The zero-order chi connectivity index (χ0) is 20.4. The van der Waals surface area contributed by atoms with Crippen molar-refractivity contribution in [2.24, 2.45) is 5.92 Å². The molecule has 6 nitrogen and oxygen atoms in total. The Morgan fingerprint density at radius 2 is 2.21 bits per heavy atom. The van der Waals surface area contributed by atoms with Crippen molar-refractivity contribution in [3.8, 4) is 5.75 Å². The Morgan fingerprint density at radius 3 is 3.00 bits per heavy atom. The zero-order valence-electron chi connectivity index (χ0n) is 17.1. The van der Waals surface area contributed by atoms with E-state index in [9.17, 15) is 4.79 Å². The number of amides is 1. The van der Waals surface area contributed by atoms with E-state index in [1.165, 1.54) is 4.88 Å². The number of fused-ring (bicyclic) bond motifs is 1. The van der Waals surface area contributed by atoms with Crippen molar-refractivity contribution in [2.75, 3.05) is 30.4 Å². The molecule has 2 aromatic heterocycles. The molecule has 29 heavy (non-hydrogen) atoms. The number of aromatic nitrogens is 2. The Labute approximate surface area is 174 Å². The van der Waals surface area contributed by atoms with Crippen molar-refractivity contribution in [1.29, 1.82) is 0 Å². The fourth-order valence-corrected chi connectivity index (χ4v) is 4.79. The van der Waals surface area contributed by atoms with Gasteiger partial charge in [0.15, 0.2) is 0 Å². The largest absolute Gasteiger partial charge is 0.495 e. The predicted octanol–water partition coefficient (Wildman–Crippen LogP) is 4.43. The van der Waals surface area contributed by atoms with Gasteiger partial charge in [0.1, 0.15) is 22.7 Å². The maximum atomic E-state index is 13.0. The molecule has 4 rings (SSSR count). The summed E-state index contributed by atoms with van der Waals surface area (Å²) in [7, 11) is 1.62. The van der Waals surface area contributed by atoms with Crippen molar-refractivity contribution in [1.82, 2.24) is 9.97 Å². The van der Waals surface area contributed by atoms with Gasteiger partial charge in [-0.2, -0.15) is 0 Å². The number of rotatable bonds is 5. The molecule has 0 spiro atoms. The van der Waals surface area contributed by atoms with Crippen molar-refractivity contribution < 1.29 is 9.53 Å². The molecule has 1 amide bonds. The minimum absolute atomic E-state index is 0.0310. The van der Waals surface area contributed by atoms with E-state index in [0.29, 0.717) is 12.3 Å². The summed E-state index contributed by atoms with van der Waals surface area (Å²) in [5, 5.41) is 4.17. The summed E-state index contributed by atoms with van der Waals surface area (Å²) in [4.78, 5) is 26.6. The lowest BCUT2D eigenvalue weighted by atomic mass is 9.96. The number of hydrogen-bond donors (Lipinski definition) is 1. The molecule has 3 aromatic rings. The number of methoxy groups -OCH3 is 1. The van der Waals surface area contributed by atoms with Crippen molar-refractivity contribution >= 4 is 39.0 Å². The highest BCUT2D eigenvalue weighted by atomic mass is 32.1. The van der Waals surface area contributed by atoms with E-state index < -0.39 is 0 Å². The highest BCUT2D eigenvalue weighted by Gasteiger charge is 2.28. The first-order chi connectivity index (χ1) is 14.1. The quantitative estimate of drug-likeness (QED) is 0.674. The number of nitrogens with zero attached hydrogens (tertiary/aromatic N) is 3. The van der Waals surface area contributed by atoms with Crippen LogP contribution in [0.2, 0.25) is 0 Å². The number of benzene rings is 1. The topological polar surface area (TPSA) is 67.4 Å². The third-order valence-corrected chi connectivity index (χ3v) is 6.60. The summed E-state index contributed by atoms with van der Waals surface area (Å²) in [6, 6.07) is 8.00. The van der Waals surface area contributed by atoms with Crippen molar-refractivity contribution in [3.63, 3.8) is 0 Å². The maximum Gasteiger partial charge on any atom is 0.229 e. The molecule has 0 bridgehead atoms. The van der Waals surface area contributed by atoms with Gasteiger partial charge in [0.2, 0.25) is 5.91 Å². The van der Waals surface area contributed by atoms with Crippen LogP contribution in [0.4, 0.5) is 11.5 Å². The summed E-state index contributed by atoms with van der Waals surface area (Å²) in [5.41, 5.74) is 1.81. The first-order valence-electron chi connectivity index (χ1n) is 10.0. The van der Waals surface area contributed by atoms with E-state index in [1.807, 2.05) is 25.1 Å². The number of anilines is 2. The molecular formula is C22H26N4O2S. The Hall–Kier alpha value is -2.67. The second kappa shape index (κ2) is 8.37. The predicted molar refractivity (Wildman–Crippen MR) is 118 cm³/mol. The number of nitrogens with one attached hydrogen (secondary N) is 1. The average Bonchev–Trinajstić information content (AvgIpc) is 3.17. The first kappa shape index (κ1) is 19.6. The minimum atomic E-state index is -0.0942. The number of hydrogen-bond acceptors (Lipinski definition) is 6. The molecule has 1 aromatic carbocycles. The molecule has 0 saturated carbocycles. The molecule has 1 saturated heterocycles. The number of carbonyl (C=O) groups is 1. The molecular weight excluding hydrogens is 384 g/mol. The number of carbonyl (C=O) groups excluding carboxylic acids is 1. The van der Waals surface area contributed by atoms with Gasteiger partial charge in [-0.25, -0.2) is 9.97 Å². The van der Waals surface area contributed by atoms with E-state index in [4.69, 9.17) is 4.74 Å². The Bertz CT molecular complexity index is 1030. The SMILES string of the molecule is CCc1cc2c(N3CCCC(C(=O)Nc4cc(C)ccc4OC)C3)ncnc2s1. The van der Waals surface area contributed by atoms with Gasteiger partial charge in [-0.05, 0) is 49.9 Å². The van der Waals surface area contributed by atoms with E-state index in [1.54, 1.807) is 24.8 Å². The van der Waals surface area contributed by atoms with Gasteiger partial charge in [-0.15, -0.1) is 11.3 Å². The number of ether oxygens (including phenoxy) is 1. The average molecular weight is 411 g/mol. The van der Waals surface area contributed by atoms with Gasteiger partial charge >= 0.3 is 0 Å². The summed E-state index contributed by atoms with van der Waals surface area (Å²) in [6.45, 7) is 5.71. The standard InChI is InChI=1S/C22H26N4O2S/c1-4-16-11-17-20(23-13-24-22(17)29-16)26-9-5-6-15(12-26)21(27)25-18-10-14(2)7-8-19(18)28-3/h7-8,10-11,13,15H,4-6,9,12H2,1-3H3,(H,25,27). The maximum absolute atomic E-state index is 13.0. The normalized spacial score (nSPS) is 16.8. The van der Waals surface area contributed by atoms with Gasteiger partial charge in [-0.3, -0.25) is 4.79 Å². The summed E-state index contributed by atoms with van der Waals surface area (Å²) in [6.07, 6.45) is 4.45. The van der Waals surface area contributed by atoms with Crippen LogP contribution >= 0.6 is 11.3 Å². The molecule has 7 heteroatoms. The third-order valence-electron chi connectivity index (χ3n) is 5.41. The molecule has 0 aliphatic carbocycles. The van der Waals surface area contributed by atoms with Crippen LogP contribution < -0.4 is 15.0 Å². The van der Waals surface area contributed by atoms with Crippen LogP contribution in [-0.4, -0.2) is 36.1 Å². The van der Waals surface area contributed by atoms with Crippen molar-refractivity contribution in [3.05, 3.63) is 41.0 Å². The van der Waals surface area contributed by atoms with Gasteiger partial charge in [0, 0.05) is 18.0 Å². The Morgan fingerprint density at radius 1 is 1.34 bits per heavy atom. The molecule has 1 fully saturated rings. The molecule has 1 aliphatic heterocycles. The second-order valence-electron chi connectivity index (χ2n) is 7.46. The lowest BCUT2D eigenvalue weighted by molar-refractivity contribution is -0.120. The molecule has 0 radical (unpaired) electrons. The van der Waals surface area contributed by atoms with Gasteiger partial charge in [0.25, 0.3) is 0 Å². The molecule has 1 N–H and O–H groups in total. The lowest BCUT2D eigenvalue weighted by Gasteiger charge is -2.33. The fourth-order valence-electron chi connectivity index (χ4n) is 3.86. The van der Waals surface area contributed by atoms with E-state index in [2.05, 4.69) is 33.2 Å². The van der Waals surface area contributed by atoms with Gasteiger partial charge in [-0.1, -0.05) is 13.0 Å². The van der Waals surface area contributed by atoms with Gasteiger partial charge in [0.05, 0.1) is 24.1 Å². The molecule has 1 atom stereocenters. The smallest absolute Gasteiger partial charge is 0.229 e. The van der Waals surface area contributed by atoms with Crippen LogP contribution in [0, 0.1) is 12.8 Å². The monoisotopic (exact) mass is 410 g/mol. The van der Waals surface area contributed by atoms with Crippen molar-refractivity contribution in [2.45, 2.75) is 33.1 Å². The van der Waals surface area contributed by atoms with Crippen LogP contribution in [-0.2, 0) is 11.2 Å². The molecule has 152 valence electrons. The first-order valence-corrected chi connectivity index (χ1v) is 10.8. The van der Waals surface area contributed by atoms with Crippen LogP contribution in [0.15, 0.2) is 30.6 Å². The fraction of sp³-hybridized carbons (Fsp3) is 0.409. The van der Waals surface area contributed by atoms with E-state index in [0.717, 1.165) is 53.1 Å². The number of piperidine rings is 1. The minimum Gasteiger partial charge on any atom is -0.495 e. The highest BCUT2D eigenvalue weighted by molar-refractivity contribution is 7.18. The number of aryl methyl sites for hydroxylation is 2. The summed E-state index contributed by atoms with van der Waals surface area (Å²) >= 11 is 1.72.